The van der Waals surface area contributed by atoms with Crippen molar-refractivity contribution < 1.29 is 18.7 Å². The molecule has 7 nitrogen and oxygen atoms in total. The number of piperazine rings is 1. The smallest absolute Gasteiger partial charge is 0.219 e. The van der Waals surface area contributed by atoms with E-state index in [2.05, 4.69) is 0 Å². The third-order valence-electron chi connectivity index (χ3n) is 7.25. The van der Waals surface area contributed by atoms with E-state index in [1.54, 1.807) is 41.4 Å². The van der Waals surface area contributed by atoms with Crippen molar-refractivity contribution in [2.45, 2.75) is 38.8 Å². The Morgan fingerprint density at radius 2 is 1.87 bits per heavy atom. The van der Waals surface area contributed by atoms with Gasteiger partial charge in [-0.3, -0.25) is 14.4 Å². The summed E-state index contributed by atoms with van der Waals surface area (Å²) in [7, 11) is 1.46. The molecule has 1 aromatic heterocycles. The fraction of sp³-hybridized carbons (Fsp3) is 0.345. The molecule has 2 aromatic carbocycles. The maximum absolute atomic E-state index is 15.7. The van der Waals surface area contributed by atoms with E-state index < -0.39 is 17.0 Å². The highest BCUT2D eigenvalue weighted by atomic mass is 35.5. The minimum Gasteiger partial charge on any atom is -0.492 e. The van der Waals surface area contributed by atoms with E-state index in [0.717, 1.165) is 18.4 Å². The Bertz CT molecular complexity index is 1510. The number of halogens is 2. The molecule has 5 rings (SSSR count). The van der Waals surface area contributed by atoms with Gasteiger partial charge in [0.1, 0.15) is 5.69 Å². The Morgan fingerprint density at radius 3 is 2.47 bits per heavy atom. The van der Waals surface area contributed by atoms with Crippen LogP contribution in [0.4, 0.5) is 10.1 Å². The first-order valence-electron chi connectivity index (χ1n) is 12.6. The highest BCUT2D eigenvalue weighted by Gasteiger charge is 2.33. The number of methoxy groups -OCH3 is 1. The van der Waals surface area contributed by atoms with Crippen molar-refractivity contribution >= 4 is 46.0 Å². The molecule has 38 heavy (non-hydrogen) atoms. The number of allylic oxidation sites excluding steroid dienone is 1. The zero-order chi connectivity index (χ0) is 27.1. The van der Waals surface area contributed by atoms with Crippen molar-refractivity contribution in [3.8, 4) is 5.75 Å². The van der Waals surface area contributed by atoms with E-state index >= 15 is 4.39 Å². The second-order valence-electron chi connectivity index (χ2n) is 9.90. The molecule has 1 unspecified atom stereocenters. The third kappa shape index (κ3) is 4.80. The van der Waals surface area contributed by atoms with Crippen LogP contribution in [0.3, 0.4) is 0 Å². The molecule has 1 aliphatic carbocycles. The highest BCUT2D eigenvalue weighted by Crippen LogP contribution is 2.44. The average Bonchev–Trinajstić information content (AvgIpc) is 3.73. The number of amides is 1. The molecule has 198 valence electrons. The topological polar surface area (TPSA) is 71.8 Å². The van der Waals surface area contributed by atoms with Gasteiger partial charge in [0.05, 0.1) is 23.6 Å². The fourth-order valence-corrected chi connectivity index (χ4v) is 5.34. The number of ketones is 1. The van der Waals surface area contributed by atoms with E-state index in [1.807, 2.05) is 16.4 Å². The summed E-state index contributed by atoms with van der Waals surface area (Å²) in [5, 5.41) is 0.692. The molecule has 0 N–H and O–H groups in total. The maximum atomic E-state index is 15.7. The van der Waals surface area contributed by atoms with Gasteiger partial charge in [-0.25, -0.2) is 4.39 Å². The summed E-state index contributed by atoms with van der Waals surface area (Å²) < 4.78 is 23.4. The number of carbonyl (C=O) groups is 2. The van der Waals surface area contributed by atoms with Crippen LogP contribution >= 0.6 is 11.6 Å². The van der Waals surface area contributed by atoms with E-state index in [9.17, 15) is 14.4 Å². The summed E-state index contributed by atoms with van der Waals surface area (Å²) in [6, 6.07) is 8.17. The van der Waals surface area contributed by atoms with Crippen LogP contribution in [0.2, 0.25) is 5.02 Å². The van der Waals surface area contributed by atoms with E-state index in [0.29, 0.717) is 30.2 Å². The van der Waals surface area contributed by atoms with Crippen molar-refractivity contribution in [3.63, 3.8) is 0 Å². The minimum atomic E-state index is -0.599. The van der Waals surface area contributed by atoms with E-state index in [4.69, 9.17) is 16.3 Å². The third-order valence-corrected chi connectivity index (χ3v) is 7.51. The first-order valence-corrected chi connectivity index (χ1v) is 13.0. The number of ether oxygens (including phenoxy) is 1. The summed E-state index contributed by atoms with van der Waals surface area (Å²) in [4.78, 5) is 42.2. The van der Waals surface area contributed by atoms with Crippen molar-refractivity contribution in [1.82, 2.24) is 9.47 Å². The summed E-state index contributed by atoms with van der Waals surface area (Å²) in [6.07, 6.45) is 6.32. The highest BCUT2D eigenvalue weighted by molar-refractivity contribution is 6.30. The summed E-state index contributed by atoms with van der Waals surface area (Å²) in [6.45, 7) is 4.77. The number of aromatic nitrogens is 1. The van der Waals surface area contributed by atoms with Crippen molar-refractivity contribution in [3.05, 3.63) is 74.8 Å². The molecule has 1 saturated heterocycles. The number of hydrogen-bond acceptors (Lipinski definition) is 5. The standard InChI is InChI=1S/C29H29ClFN3O4/c1-17-15-32(12-13-33(17)18(2)35)27-24(31)14-22-26(29(27)38-3)34(21-9-10-21)16-23(28(22)37)25(36)11-6-19-4-7-20(30)8-5-19/h4-8,11,14,16-17,21H,9-10,12-13,15H2,1-3H3. The normalized spacial score (nSPS) is 17.9. The van der Waals surface area contributed by atoms with Gasteiger partial charge in [0, 0.05) is 49.9 Å². The van der Waals surface area contributed by atoms with Crippen molar-refractivity contribution in [2.75, 3.05) is 31.6 Å². The quantitative estimate of drug-likeness (QED) is 0.323. The SMILES string of the molecule is COc1c(N2CCN(C(C)=O)C(C)C2)c(F)cc2c(=O)c(C(=O)C=Cc3ccc(Cl)cc3)cn(C3CC3)c12. The van der Waals surface area contributed by atoms with E-state index in [1.165, 1.54) is 26.2 Å². The van der Waals surface area contributed by atoms with Gasteiger partial charge in [-0.2, -0.15) is 0 Å². The van der Waals surface area contributed by atoms with E-state index in [-0.39, 0.29) is 40.4 Å². The van der Waals surface area contributed by atoms with Crippen LogP contribution in [-0.2, 0) is 4.79 Å². The van der Waals surface area contributed by atoms with Crippen LogP contribution in [0.1, 0.15) is 48.7 Å². The van der Waals surface area contributed by atoms with Crippen LogP contribution in [0.15, 0.2) is 47.4 Å². The van der Waals surface area contributed by atoms with Crippen molar-refractivity contribution in [1.29, 1.82) is 0 Å². The van der Waals surface area contributed by atoms with Gasteiger partial charge in [-0.05, 0) is 49.6 Å². The molecular formula is C29H29ClFN3O4. The lowest BCUT2D eigenvalue weighted by Gasteiger charge is -2.41. The Morgan fingerprint density at radius 1 is 1.16 bits per heavy atom. The van der Waals surface area contributed by atoms with Gasteiger partial charge in [-0.15, -0.1) is 0 Å². The molecule has 9 heteroatoms. The van der Waals surface area contributed by atoms with Crippen LogP contribution in [-0.4, -0.2) is 53.9 Å². The molecule has 1 saturated carbocycles. The number of fused-ring (bicyclic) bond motifs is 1. The second kappa shape index (κ2) is 10.3. The number of anilines is 1. The molecule has 0 bridgehead atoms. The molecule has 2 aliphatic rings. The molecule has 1 atom stereocenters. The molecule has 1 amide bonds. The number of nitrogens with zero attached hydrogens (tertiary/aromatic N) is 3. The van der Waals surface area contributed by atoms with Gasteiger partial charge in [0.25, 0.3) is 0 Å². The van der Waals surface area contributed by atoms with Crippen molar-refractivity contribution in [2.24, 2.45) is 0 Å². The minimum absolute atomic E-state index is 0.0204. The number of rotatable bonds is 6. The van der Waals surface area contributed by atoms with Gasteiger partial charge in [0.15, 0.2) is 17.3 Å². The van der Waals surface area contributed by atoms with Gasteiger partial charge >= 0.3 is 0 Å². The molecular weight excluding hydrogens is 509 g/mol. The Kier molecular flexibility index (Phi) is 7.01. The first kappa shape index (κ1) is 26.0. The Balaban J connectivity index is 1.60. The van der Waals surface area contributed by atoms with Crippen LogP contribution in [0, 0.1) is 5.82 Å². The summed E-state index contributed by atoms with van der Waals surface area (Å²) >= 11 is 5.93. The number of benzene rings is 2. The number of hydrogen-bond donors (Lipinski definition) is 0. The maximum Gasteiger partial charge on any atom is 0.219 e. The monoisotopic (exact) mass is 537 g/mol. The summed E-state index contributed by atoms with van der Waals surface area (Å²) in [5.41, 5.74) is 0.957. The van der Waals surface area contributed by atoms with Crippen LogP contribution in [0.25, 0.3) is 17.0 Å². The molecule has 2 heterocycles. The first-order chi connectivity index (χ1) is 18.2. The lowest BCUT2D eigenvalue weighted by Crippen LogP contribution is -2.53. The largest absolute Gasteiger partial charge is 0.492 e. The molecule has 0 spiro atoms. The lowest BCUT2D eigenvalue weighted by molar-refractivity contribution is -0.131. The Labute approximate surface area is 225 Å². The zero-order valence-electron chi connectivity index (χ0n) is 21.5. The van der Waals surface area contributed by atoms with Gasteiger partial charge < -0.3 is 19.1 Å². The predicted octanol–water partition coefficient (Wildman–Crippen LogP) is 5.09. The average molecular weight is 538 g/mol. The number of carbonyl (C=O) groups excluding carboxylic acids is 2. The fourth-order valence-electron chi connectivity index (χ4n) is 5.21. The molecule has 3 aromatic rings. The van der Waals surface area contributed by atoms with Crippen LogP contribution in [0.5, 0.6) is 5.75 Å². The van der Waals surface area contributed by atoms with Crippen LogP contribution < -0.4 is 15.1 Å². The second-order valence-corrected chi connectivity index (χ2v) is 10.3. The molecule has 2 fully saturated rings. The molecule has 1 aliphatic heterocycles. The molecule has 0 radical (unpaired) electrons. The zero-order valence-corrected chi connectivity index (χ0v) is 22.3. The summed E-state index contributed by atoms with van der Waals surface area (Å²) in [5.74, 6) is -0.811. The Hall–Kier alpha value is -3.65. The van der Waals surface area contributed by atoms with Gasteiger partial charge in [-0.1, -0.05) is 29.8 Å². The van der Waals surface area contributed by atoms with Gasteiger partial charge in [0.2, 0.25) is 11.3 Å². The lowest BCUT2D eigenvalue weighted by atomic mass is 10.0. The number of pyridine rings is 1. The predicted molar refractivity (Wildman–Crippen MR) is 147 cm³/mol.